The molecule has 0 aliphatic heterocycles. The topological polar surface area (TPSA) is 167 Å². The summed E-state index contributed by atoms with van der Waals surface area (Å²) in [7, 11) is 1.60. The van der Waals surface area contributed by atoms with Crippen LogP contribution in [0, 0.1) is 13.8 Å². The van der Waals surface area contributed by atoms with Crippen molar-refractivity contribution in [2.45, 2.75) is 13.8 Å². The fourth-order valence-electron chi connectivity index (χ4n) is 5.65. The van der Waals surface area contributed by atoms with Gasteiger partial charge in [-0.3, -0.25) is 9.97 Å². The van der Waals surface area contributed by atoms with Crippen LogP contribution in [-0.4, -0.2) is 39.1 Å². The van der Waals surface area contributed by atoms with Gasteiger partial charge in [-0.25, -0.2) is 19.6 Å². The maximum Gasteiger partial charge on any atom is 0.323 e. The number of halogens is 1. The third-order valence-corrected chi connectivity index (χ3v) is 10.9. The van der Waals surface area contributed by atoms with Crippen LogP contribution in [0.2, 0.25) is 0 Å². The molecule has 0 fully saturated rings. The molecule has 0 bridgehead atoms. The van der Waals surface area contributed by atoms with Gasteiger partial charge < -0.3 is 36.6 Å². The standard InChI is InChI=1S/C23H21N5O2S.C22H18BrN5OS/c1-15-5-6-18(26-22(29)25-17-7-9-19(30-2)10-8-17)12-20(15)27-23-28-21(14-31-23)16-4-3-11-24-13-16;1-14-4-7-18(26-21(29)25-17-8-5-16(23)6-9-17)11-19(14)27-22-28-20(13-30-22)15-3-2-10-24-12-15/h3-14H,1-2H3,(H,27,28)(H2,25,26,29);2-13H,1H3,(H,27,28)(H2,25,26,29). The van der Waals surface area contributed by atoms with E-state index in [1.807, 2.05) is 110 Å². The molecule has 0 spiro atoms. The van der Waals surface area contributed by atoms with Gasteiger partial charge in [0.2, 0.25) is 0 Å². The molecule has 0 unspecified atom stereocenters. The first-order valence-corrected chi connectivity index (χ1v) is 21.3. The van der Waals surface area contributed by atoms with E-state index >= 15 is 0 Å². The number of carbonyl (C=O) groups excluding carboxylic acids is 2. The molecule has 4 amide bonds. The minimum atomic E-state index is -0.326. The lowest BCUT2D eigenvalue weighted by Gasteiger charge is -2.12. The summed E-state index contributed by atoms with van der Waals surface area (Å²) in [5.74, 6) is 0.731. The minimum Gasteiger partial charge on any atom is -0.497 e. The van der Waals surface area contributed by atoms with Crippen molar-refractivity contribution < 1.29 is 14.3 Å². The summed E-state index contributed by atoms with van der Waals surface area (Å²) in [6.45, 7) is 4.00. The number of thiazole rings is 2. The lowest BCUT2D eigenvalue weighted by Crippen LogP contribution is -2.19. The quantitative estimate of drug-likeness (QED) is 0.0740. The smallest absolute Gasteiger partial charge is 0.323 e. The first-order valence-electron chi connectivity index (χ1n) is 18.7. The summed E-state index contributed by atoms with van der Waals surface area (Å²) >= 11 is 6.41. The molecule has 4 aromatic heterocycles. The molecule has 8 aromatic rings. The van der Waals surface area contributed by atoms with Crippen LogP contribution in [0.5, 0.6) is 5.75 Å². The monoisotopic (exact) mass is 910 g/mol. The highest BCUT2D eigenvalue weighted by Gasteiger charge is 2.11. The van der Waals surface area contributed by atoms with Gasteiger partial charge in [0.15, 0.2) is 10.3 Å². The summed E-state index contributed by atoms with van der Waals surface area (Å²) in [4.78, 5) is 42.2. The van der Waals surface area contributed by atoms with E-state index < -0.39 is 0 Å². The number of hydrogen-bond donors (Lipinski definition) is 6. The van der Waals surface area contributed by atoms with Crippen molar-refractivity contribution in [3.05, 3.63) is 160 Å². The first-order chi connectivity index (χ1) is 29.7. The fourth-order valence-corrected chi connectivity index (χ4v) is 7.38. The number of carbonyl (C=O) groups is 2. The Bertz CT molecular complexity index is 2710. The van der Waals surface area contributed by atoms with Gasteiger partial charge in [-0.15, -0.1) is 22.7 Å². The number of anilines is 8. The number of pyridine rings is 2. The molecule has 8 rings (SSSR count). The number of methoxy groups -OCH3 is 1. The largest absolute Gasteiger partial charge is 0.497 e. The highest BCUT2D eigenvalue weighted by molar-refractivity contribution is 9.10. The third-order valence-electron chi connectivity index (χ3n) is 8.85. The maximum absolute atomic E-state index is 12.4. The summed E-state index contributed by atoms with van der Waals surface area (Å²) in [5, 5.41) is 23.5. The van der Waals surface area contributed by atoms with Gasteiger partial charge in [-0.1, -0.05) is 28.1 Å². The number of hydrogen-bond acceptors (Lipinski definition) is 11. The van der Waals surface area contributed by atoms with Crippen LogP contribution in [0.3, 0.4) is 0 Å². The second-order valence-electron chi connectivity index (χ2n) is 13.3. The van der Waals surface area contributed by atoms with Gasteiger partial charge in [-0.05, 0) is 122 Å². The number of benzene rings is 4. The maximum atomic E-state index is 12.4. The van der Waals surface area contributed by atoms with Crippen LogP contribution in [-0.2, 0) is 0 Å². The number of rotatable bonds is 11. The Hall–Kier alpha value is -7.14. The molecule has 4 aromatic carbocycles. The van der Waals surface area contributed by atoms with Crippen LogP contribution in [0.15, 0.2) is 149 Å². The third kappa shape index (κ3) is 12.0. The molecule has 306 valence electrons. The Morgan fingerprint density at radius 3 is 1.43 bits per heavy atom. The Balaban J connectivity index is 0.000000184. The molecule has 0 aliphatic rings. The van der Waals surface area contributed by atoms with E-state index in [1.165, 1.54) is 22.7 Å². The van der Waals surface area contributed by atoms with Crippen molar-refractivity contribution in [2.24, 2.45) is 0 Å². The molecule has 6 N–H and O–H groups in total. The summed E-state index contributed by atoms with van der Waals surface area (Å²) < 4.78 is 6.08. The number of ether oxygens (including phenoxy) is 1. The average Bonchev–Trinajstić information content (AvgIpc) is 3.95. The molecule has 13 nitrogen and oxygen atoms in total. The van der Waals surface area contributed by atoms with Crippen LogP contribution in [0.25, 0.3) is 22.5 Å². The van der Waals surface area contributed by atoms with E-state index in [-0.39, 0.29) is 12.1 Å². The van der Waals surface area contributed by atoms with E-state index in [1.54, 1.807) is 56.2 Å². The van der Waals surface area contributed by atoms with Crippen molar-refractivity contribution in [3.8, 4) is 28.3 Å². The molecule has 61 heavy (non-hydrogen) atoms. The Morgan fingerprint density at radius 2 is 1.00 bits per heavy atom. The number of urea groups is 2. The molecule has 0 saturated carbocycles. The molecule has 4 heterocycles. The van der Waals surface area contributed by atoms with Gasteiger partial charge in [-0.2, -0.15) is 0 Å². The van der Waals surface area contributed by atoms with E-state index in [2.05, 4.69) is 67.8 Å². The zero-order valence-corrected chi connectivity index (χ0v) is 36.3. The summed E-state index contributed by atoms with van der Waals surface area (Å²) in [6, 6.07) is 33.0. The average molecular weight is 912 g/mol. The fraction of sp³-hybridized carbons (Fsp3) is 0.0667. The second kappa shape index (κ2) is 20.2. The zero-order valence-electron chi connectivity index (χ0n) is 33.1. The van der Waals surface area contributed by atoms with E-state index in [9.17, 15) is 9.59 Å². The Labute approximate surface area is 368 Å². The van der Waals surface area contributed by atoms with Gasteiger partial charge in [0.25, 0.3) is 0 Å². The van der Waals surface area contributed by atoms with Crippen molar-refractivity contribution in [2.75, 3.05) is 39.0 Å². The van der Waals surface area contributed by atoms with Crippen molar-refractivity contribution >= 4 is 95.1 Å². The second-order valence-corrected chi connectivity index (χ2v) is 15.9. The molecule has 16 heteroatoms. The number of nitrogens with one attached hydrogen (secondary N) is 6. The van der Waals surface area contributed by atoms with Crippen molar-refractivity contribution in [1.82, 2.24) is 19.9 Å². The predicted molar refractivity (Wildman–Crippen MR) is 252 cm³/mol. The van der Waals surface area contributed by atoms with Gasteiger partial charge in [0, 0.05) is 85.3 Å². The first kappa shape index (κ1) is 42.0. The highest BCUT2D eigenvalue weighted by Crippen LogP contribution is 2.31. The molecule has 0 saturated heterocycles. The van der Waals surface area contributed by atoms with Crippen LogP contribution >= 0.6 is 38.6 Å². The normalized spacial score (nSPS) is 10.4. The minimum absolute atomic E-state index is 0.305. The Kier molecular flexibility index (Phi) is 13.9. The molecular weight excluding hydrogens is 873 g/mol. The summed E-state index contributed by atoms with van der Waals surface area (Å²) in [5.41, 5.74) is 10.3. The molecule has 0 aliphatic carbocycles. The van der Waals surface area contributed by atoms with Crippen LogP contribution < -0.4 is 36.6 Å². The SMILES string of the molecule is COc1ccc(NC(=O)Nc2ccc(C)c(Nc3nc(-c4cccnc4)cs3)c2)cc1.Cc1ccc(NC(=O)Nc2ccc(Br)cc2)cc1Nc1nc(-c2cccnc2)cs1. The lowest BCUT2D eigenvalue weighted by molar-refractivity contribution is 0.261. The Morgan fingerprint density at radius 1 is 0.574 bits per heavy atom. The lowest BCUT2D eigenvalue weighted by atomic mass is 10.2. The van der Waals surface area contributed by atoms with Crippen molar-refractivity contribution in [3.63, 3.8) is 0 Å². The van der Waals surface area contributed by atoms with Crippen LogP contribution in [0.1, 0.15) is 11.1 Å². The molecule has 0 atom stereocenters. The number of aryl methyl sites for hydroxylation is 2. The number of aromatic nitrogens is 4. The van der Waals surface area contributed by atoms with Gasteiger partial charge in [0.1, 0.15) is 5.75 Å². The summed E-state index contributed by atoms with van der Waals surface area (Å²) in [6.07, 6.45) is 7.06. The van der Waals surface area contributed by atoms with E-state index in [0.717, 1.165) is 65.5 Å². The highest BCUT2D eigenvalue weighted by atomic mass is 79.9. The molecular formula is C45H39BrN10O3S2. The van der Waals surface area contributed by atoms with Gasteiger partial charge >= 0.3 is 12.1 Å². The molecule has 0 radical (unpaired) electrons. The van der Waals surface area contributed by atoms with E-state index in [0.29, 0.717) is 22.7 Å². The van der Waals surface area contributed by atoms with E-state index in [4.69, 9.17) is 4.74 Å². The van der Waals surface area contributed by atoms with Crippen LogP contribution in [0.4, 0.5) is 54.0 Å². The predicted octanol–water partition coefficient (Wildman–Crippen LogP) is 12.6. The zero-order chi connectivity index (χ0) is 42.6. The van der Waals surface area contributed by atoms with Crippen molar-refractivity contribution in [1.29, 1.82) is 0 Å². The number of amides is 4. The van der Waals surface area contributed by atoms with Gasteiger partial charge in [0.05, 0.1) is 18.5 Å². The number of nitrogens with zero attached hydrogens (tertiary/aromatic N) is 4.